The normalized spacial score (nSPS) is 11.9. The number of anilines is 3. The second-order valence-electron chi connectivity index (χ2n) is 14.5. The molecule has 4 heteroatoms. The molecule has 0 radical (unpaired) electrons. The molecule has 0 bridgehead atoms. The van der Waals surface area contributed by atoms with E-state index in [1.165, 1.54) is 32.6 Å². The highest BCUT2D eigenvalue weighted by atomic mass is 16.3. The van der Waals surface area contributed by atoms with E-state index in [1.807, 2.05) is 18.2 Å². The first kappa shape index (κ1) is 30.9. The molecule has 0 spiro atoms. The van der Waals surface area contributed by atoms with Crippen molar-refractivity contribution in [3.8, 4) is 16.8 Å². The number of furan rings is 2. The Kier molecular flexibility index (Phi) is 6.60. The Bertz CT molecular complexity index is 3460. The molecule has 0 amide bonds. The van der Waals surface area contributed by atoms with E-state index in [-0.39, 0.29) is 0 Å². The highest BCUT2D eigenvalue weighted by Gasteiger charge is 2.25. The largest absolute Gasteiger partial charge is 0.456 e. The van der Waals surface area contributed by atoms with Crippen LogP contribution in [0.3, 0.4) is 0 Å². The van der Waals surface area contributed by atoms with Gasteiger partial charge in [0.1, 0.15) is 22.3 Å². The number of nitrogens with zero attached hydrogens (tertiary/aromatic N) is 2. The molecule has 0 aliphatic heterocycles. The molecule has 0 aliphatic rings. The van der Waals surface area contributed by atoms with Crippen LogP contribution in [0.15, 0.2) is 203 Å². The van der Waals surface area contributed by atoms with Crippen molar-refractivity contribution in [1.82, 2.24) is 4.57 Å². The molecule has 0 aliphatic carbocycles. The van der Waals surface area contributed by atoms with E-state index in [9.17, 15) is 0 Å². The monoisotopic (exact) mass is 716 g/mol. The van der Waals surface area contributed by atoms with Crippen molar-refractivity contribution in [3.05, 3.63) is 194 Å². The second kappa shape index (κ2) is 12.0. The van der Waals surface area contributed by atoms with Gasteiger partial charge in [-0.25, -0.2) is 0 Å². The van der Waals surface area contributed by atoms with Gasteiger partial charge >= 0.3 is 0 Å². The van der Waals surface area contributed by atoms with Crippen LogP contribution in [-0.4, -0.2) is 4.57 Å². The average molecular weight is 717 g/mol. The van der Waals surface area contributed by atoms with E-state index >= 15 is 0 Å². The maximum absolute atomic E-state index is 6.93. The third-order valence-electron chi connectivity index (χ3n) is 11.4. The van der Waals surface area contributed by atoms with Crippen molar-refractivity contribution in [2.45, 2.75) is 0 Å². The number of hydrogen-bond donors (Lipinski definition) is 0. The summed E-state index contributed by atoms with van der Waals surface area (Å²) in [6, 6.07) is 69.0. The van der Waals surface area contributed by atoms with Crippen LogP contribution >= 0.6 is 0 Å². The minimum atomic E-state index is 0.845. The number of para-hydroxylation sites is 4. The van der Waals surface area contributed by atoms with Gasteiger partial charge in [-0.15, -0.1) is 0 Å². The fourth-order valence-electron chi connectivity index (χ4n) is 8.90. The van der Waals surface area contributed by atoms with Crippen molar-refractivity contribution >= 4 is 93.5 Å². The lowest BCUT2D eigenvalue weighted by molar-refractivity contribution is 0.669. The van der Waals surface area contributed by atoms with Crippen LogP contribution in [0.5, 0.6) is 0 Å². The minimum Gasteiger partial charge on any atom is -0.456 e. The summed E-state index contributed by atoms with van der Waals surface area (Å²) in [6.07, 6.45) is 0. The minimum absolute atomic E-state index is 0.845. The molecule has 0 saturated carbocycles. The quantitative estimate of drug-likeness (QED) is 0.178. The van der Waals surface area contributed by atoms with Crippen LogP contribution < -0.4 is 4.90 Å². The van der Waals surface area contributed by atoms with E-state index < -0.39 is 0 Å². The summed E-state index contributed by atoms with van der Waals surface area (Å²) in [7, 11) is 0. The summed E-state index contributed by atoms with van der Waals surface area (Å²) in [6.45, 7) is 0. The zero-order chi connectivity index (χ0) is 36.7. The van der Waals surface area contributed by atoms with E-state index in [0.29, 0.717) is 0 Å². The number of hydrogen-bond acceptors (Lipinski definition) is 3. The molecule has 0 saturated heterocycles. The third-order valence-corrected chi connectivity index (χ3v) is 11.4. The molecule has 4 nitrogen and oxygen atoms in total. The van der Waals surface area contributed by atoms with E-state index in [1.54, 1.807) is 0 Å². The lowest BCUT2D eigenvalue weighted by Crippen LogP contribution is -2.11. The average Bonchev–Trinajstić information content (AvgIpc) is 3.94. The molecule has 3 heterocycles. The van der Waals surface area contributed by atoms with Gasteiger partial charge in [0.05, 0.1) is 33.2 Å². The van der Waals surface area contributed by atoms with Crippen LogP contribution in [0.2, 0.25) is 0 Å². The maximum Gasteiger partial charge on any atom is 0.145 e. The molecule has 0 atom stereocenters. The highest BCUT2D eigenvalue weighted by Crippen LogP contribution is 2.49. The Morgan fingerprint density at radius 1 is 0.393 bits per heavy atom. The molecule has 12 rings (SSSR count). The van der Waals surface area contributed by atoms with Crippen LogP contribution in [0.1, 0.15) is 0 Å². The van der Waals surface area contributed by atoms with Gasteiger partial charge in [0.2, 0.25) is 0 Å². The standard InChI is InChI=1S/C52H32N2O2/c1-2-14-34-31-37(28-27-33(34)13-1)54(45-23-12-26-49-50(45)41-19-5-9-24-47(41)55-49)46-30-29-38(52-51(46)42-20-6-10-25-48(42)56-52)35-15-11-16-36(32-35)53-43-21-7-3-17-39(43)40-18-4-8-22-44(40)53/h1-32H. The van der Waals surface area contributed by atoms with E-state index in [2.05, 4.69) is 185 Å². The predicted octanol–water partition coefficient (Wildman–Crippen LogP) is 14.9. The summed E-state index contributed by atoms with van der Waals surface area (Å²) in [5.41, 5.74) is 12.1. The zero-order valence-corrected chi connectivity index (χ0v) is 30.2. The molecular formula is C52H32N2O2. The maximum atomic E-state index is 6.93. The first-order valence-corrected chi connectivity index (χ1v) is 19.0. The zero-order valence-electron chi connectivity index (χ0n) is 30.2. The molecular weight excluding hydrogens is 685 g/mol. The Balaban J connectivity index is 1.13. The predicted molar refractivity (Wildman–Crippen MR) is 233 cm³/mol. The smallest absolute Gasteiger partial charge is 0.145 e. The fraction of sp³-hybridized carbons (Fsp3) is 0. The molecule has 0 N–H and O–H groups in total. The van der Waals surface area contributed by atoms with Gasteiger partial charge in [-0.05, 0) is 89.1 Å². The van der Waals surface area contributed by atoms with Crippen LogP contribution in [-0.2, 0) is 0 Å². The molecule has 9 aromatic carbocycles. The summed E-state index contributed by atoms with van der Waals surface area (Å²) in [4.78, 5) is 2.39. The first-order chi connectivity index (χ1) is 27.8. The van der Waals surface area contributed by atoms with Crippen molar-refractivity contribution in [3.63, 3.8) is 0 Å². The first-order valence-electron chi connectivity index (χ1n) is 19.0. The summed E-state index contributed by atoms with van der Waals surface area (Å²) >= 11 is 0. The SMILES string of the molecule is c1cc(-c2ccc(N(c3ccc4ccccc4c3)c3cccc4oc5ccccc5c34)c3c2oc2ccccc23)cc(-n2c3ccccc3c3ccccc32)c1. The number of aromatic nitrogens is 1. The highest BCUT2D eigenvalue weighted by molar-refractivity contribution is 6.20. The summed E-state index contributed by atoms with van der Waals surface area (Å²) in [5, 5.41) is 9.12. The topological polar surface area (TPSA) is 34.5 Å². The Hall–Kier alpha value is -7.56. The van der Waals surface area contributed by atoms with Gasteiger partial charge in [-0.2, -0.15) is 0 Å². The summed E-state index contributed by atoms with van der Waals surface area (Å²) in [5.74, 6) is 0. The van der Waals surface area contributed by atoms with Crippen LogP contribution in [0, 0.1) is 0 Å². The molecule has 0 unspecified atom stereocenters. The van der Waals surface area contributed by atoms with Gasteiger partial charge in [0.15, 0.2) is 0 Å². The van der Waals surface area contributed by atoms with Crippen molar-refractivity contribution in [2.75, 3.05) is 4.90 Å². The lowest BCUT2D eigenvalue weighted by atomic mass is 9.98. The van der Waals surface area contributed by atoms with Gasteiger partial charge in [-0.3, -0.25) is 0 Å². The van der Waals surface area contributed by atoms with Crippen molar-refractivity contribution in [2.24, 2.45) is 0 Å². The molecule has 56 heavy (non-hydrogen) atoms. The number of benzene rings is 9. The molecule has 12 aromatic rings. The number of fused-ring (bicyclic) bond motifs is 10. The Morgan fingerprint density at radius 2 is 1.00 bits per heavy atom. The van der Waals surface area contributed by atoms with E-state index in [4.69, 9.17) is 8.83 Å². The van der Waals surface area contributed by atoms with Gasteiger partial charge in [0.25, 0.3) is 0 Å². The van der Waals surface area contributed by atoms with Gasteiger partial charge in [-0.1, -0.05) is 121 Å². The third kappa shape index (κ3) is 4.53. The van der Waals surface area contributed by atoms with Crippen molar-refractivity contribution < 1.29 is 8.83 Å². The Morgan fingerprint density at radius 3 is 1.79 bits per heavy atom. The van der Waals surface area contributed by atoms with Crippen LogP contribution in [0.4, 0.5) is 17.1 Å². The lowest BCUT2D eigenvalue weighted by Gasteiger charge is -2.27. The van der Waals surface area contributed by atoms with Crippen molar-refractivity contribution in [1.29, 1.82) is 0 Å². The van der Waals surface area contributed by atoms with Crippen LogP contribution in [0.25, 0.3) is 93.3 Å². The fourth-order valence-corrected chi connectivity index (χ4v) is 8.90. The van der Waals surface area contributed by atoms with Gasteiger partial charge < -0.3 is 18.3 Å². The summed E-state index contributed by atoms with van der Waals surface area (Å²) < 4.78 is 15.8. The number of rotatable bonds is 5. The van der Waals surface area contributed by atoms with E-state index in [0.717, 1.165) is 77.8 Å². The Labute approximate surface area is 321 Å². The molecule has 262 valence electrons. The molecule has 3 aromatic heterocycles. The second-order valence-corrected chi connectivity index (χ2v) is 14.5. The molecule has 0 fully saturated rings. The van der Waals surface area contributed by atoms with Gasteiger partial charge in [0, 0.05) is 38.5 Å².